The molecule has 6 heteroatoms. The quantitative estimate of drug-likeness (QED) is 0.854. The molecule has 2 aromatic heterocycles. The molecule has 1 atom stereocenters. The highest BCUT2D eigenvalue weighted by atomic mass is 16.2. The summed E-state index contributed by atoms with van der Waals surface area (Å²) < 4.78 is 2.25. The zero-order valence-corrected chi connectivity index (χ0v) is 13.2. The number of hydrogen-bond acceptors (Lipinski definition) is 4. The van der Waals surface area contributed by atoms with Crippen LogP contribution in [0.4, 0.5) is 0 Å². The number of nitrogens with zero attached hydrogens (tertiary/aromatic N) is 5. The molecule has 0 N–H and O–H groups in total. The van der Waals surface area contributed by atoms with E-state index in [1.54, 1.807) is 12.3 Å². The van der Waals surface area contributed by atoms with Crippen LogP contribution < -0.4 is 0 Å². The number of aryl methyl sites for hydroxylation is 1. The van der Waals surface area contributed by atoms with E-state index in [9.17, 15) is 4.79 Å². The zero-order valence-electron chi connectivity index (χ0n) is 13.2. The Bertz CT molecular complexity index is 696. The Morgan fingerprint density at radius 3 is 2.91 bits per heavy atom. The maximum absolute atomic E-state index is 12.8. The number of aromatic nitrogens is 4. The molecule has 2 aliphatic heterocycles. The van der Waals surface area contributed by atoms with Crippen molar-refractivity contribution in [3.8, 4) is 0 Å². The first-order valence-corrected chi connectivity index (χ1v) is 8.48. The van der Waals surface area contributed by atoms with Crippen molar-refractivity contribution in [2.75, 3.05) is 6.54 Å². The minimum Gasteiger partial charge on any atom is -0.327 e. The first kappa shape index (κ1) is 14.4. The standard InChI is InChI=1S/C17H21N5O/c23-17(13-7-3-4-10-18-13)21-12-6-8-14(21)16-20-19-15-9-2-1-5-11-22(15)16/h3-4,7,10,14H,1-2,5-6,8-9,11-12H2/t14-/m1/s1. The van der Waals surface area contributed by atoms with Crippen molar-refractivity contribution in [2.45, 2.75) is 51.1 Å². The van der Waals surface area contributed by atoms with Gasteiger partial charge in [0.15, 0.2) is 5.82 Å². The van der Waals surface area contributed by atoms with Crippen LogP contribution >= 0.6 is 0 Å². The average Bonchev–Trinajstić information content (AvgIpc) is 3.16. The number of fused-ring (bicyclic) bond motifs is 1. The van der Waals surface area contributed by atoms with Crippen molar-refractivity contribution >= 4 is 5.91 Å². The highest BCUT2D eigenvalue weighted by Crippen LogP contribution is 2.33. The Labute approximate surface area is 135 Å². The van der Waals surface area contributed by atoms with Crippen LogP contribution in [0.3, 0.4) is 0 Å². The van der Waals surface area contributed by atoms with E-state index in [0.29, 0.717) is 5.69 Å². The average molecular weight is 311 g/mol. The molecule has 0 unspecified atom stereocenters. The summed E-state index contributed by atoms with van der Waals surface area (Å²) in [5.74, 6) is 2.04. The van der Waals surface area contributed by atoms with E-state index in [-0.39, 0.29) is 11.9 Å². The molecule has 0 aliphatic carbocycles. The number of carbonyl (C=O) groups is 1. The minimum absolute atomic E-state index is 0.000859. The van der Waals surface area contributed by atoms with Crippen LogP contribution in [-0.2, 0) is 13.0 Å². The molecule has 4 rings (SSSR count). The third kappa shape index (κ3) is 2.62. The van der Waals surface area contributed by atoms with Gasteiger partial charge in [0.05, 0.1) is 6.04 Å². The normalized spacial score (nSPS) is 21.0. The van der Waals surface area contributed by atoms with E-state index in [4.69, 9.17) is 0 Å². The van der Waals surface area contributed by atoms with Gasteiger partial charge in [-0.25, -0.2) is 0 Å². The van der Waals surface area contributed by atoms with Gasteiger partial charge in [-0.2, -0.15) is 0 Å². The third-order valence-corrected chi connectivity index (χ3v) is 4.83. The second-order valence-corrected chi connectivity index (χ2v) is 6.31. The Balaban J connectivity index is 1.64. The smallest absolute Gasteiger partial charge is 0.273 e. The number of likely N-dealkylation sites (tertiary alicyclic amines) is 1. The van der Waals surface area contributed by atoms with Gasteiger partial charge in [-0.15, -0.1) is 10.2 Å². The number of carbonyl (C=O) groups excluding carboxylic acids is 1. The van der Waals surface area contributed by atoms with Crippen LogP contribution in [0.2, 0.25) is 0 Å². The van der Waals surface area contributed by atoms with Crippen molar-refractivity contribution in [3.63, 3.8) is 0 Å². The second kappa shape index (κ2) is 6.10. The third-order valence-electron chi connectivity index (χ3n) is 4.83. The summed E-state index contributed by atoms with van der Waals surface area (Å²) >= 11 is 0. The van der Waals surface area contributed by atoms with Crippen molar-refractivity contribution in [1.29, 1.82) is 0 Å². The molecule has 6 nitrogen and oxygen atoms in total. The van der Waals surface area contributed by atoms with E-state index >= 15 is 0 Å². The SMILES string of the molecule is O=C(c1ccccn1)N1CCC[C@@H]1c1nnc2n1CCCCC2. The minimum atomic E-state index is -0.000859. The molecule has 4 heterocycles. The lowest BCUT2D eigenvalue weighted by Gasteiger charge is -2.24. The lowest BCUT2D eigenvalue weighted by Crippen LogP contribution is -2.32. The molecule has 1 amide bonds. The van der Waals surface area contributed by atoms with Crippen molar-refractivity contribution in [2.24, 2.45) is 0 Å². The van der Waals surface area contributed by atoms with Crippen LogP contribution in [0.5, 0.6) is 0 Å². The summed E-state index contributed by atoms with van der Waals surface area (Å²) in [4.78, 5) is 18.9. The van der Waals surface area contributed by atoms with Gasteiger partial charge in [0.1, 0.15) is 11.5 Å². The van der Waals surface area contributed by atoms with E-state index in [2.05, 4.69) is 19.7 Å². The molecule has 120 valence electrons. The van der Waals surface area contributed by atoms with E-state index in [1.165, 1.54) is 19.3 Å². The number of pyridine rings is 1. The number of hydrogen-bond donors (Lipinski definition) is 0. The molecule has 0 saturated carbocycles. The van der Waals surface area contributed by atoms with Gasteiger partial charge in [0.2, 0.25) is 0 Å². The summed E-state index contributed by atoms with van der Waals surface area (Å²) in [7, 11) is 0. The summed E-state index contributed by atoms with van der Waals surface area (Å²) in [5, 5.41) is 8.83. The van der Waals surface area contributed by atoms with Crippen molar-refractivity contribution in [3.05, 3.63) is 41.7 Å². The molecule has 2 aliphatic rings. The fraction of sp³-hybridized carbons (Fsp3) is 0.529. The molecule has 0 bridgehead atoms. The van der Waals surface area contributed by atoms with E-state index < -0.39 is 0 Å². The Kier molecular flexibility index (Phi) is 3.81. The summed E-state index contributed by atoms with van der Waals surface area (Å²) in [6.45, 7) is 1.74. The fourth-order valence-electron chi connectivity index (χ4n) is 3.67. The lowest BCUT2D eigenvalue weighted by molar-refractivity contribution is 0.0721. The number of rotatable bonds is 2. The molecule has 2 aromatic rings. The molecular formula is C17H21N5O. The highest BCUT2D eigenvalue weighted by molar-refractivity contribution is 5.92. The molecule has 0 radical (unpaired) electrons. The van der Waals surface area contributed by atoms with Gasteiger partial charge in [-0.3, -0.25) is 9.78 Å². The maximum Gasteiger partial charge on any atom is 0.273 e. The topological polar surface area (TPSA) is 63.9 Å². The molecular weight excluding hydrogens is 290 g/mol. The first-order valence-electron chi connectivity index (χ1n) is 8.48. The molecule has 1 fully saturated rings. The summed E-state index contributed by atoms with van der Waals surface area (Å²) in [6, 6.07) is 5.50. The first-order chi connectivity index (χ1) is 11.3. The summed E-state index contributed by atoms with van der Waals surface area (Å²) in [6.07, 6.45) is 8.21. The van der Waals surface area contributed by atoms with Gasteiger partial charge >= 0.3 is 0 Å². The maximum atomic E-state index is 12.8. The van der Waals surface area contributed by atoms with Gasteiger partial charge < -0.3 is 9.47 Å². The van der Waals surface area contributed by atoms with Gasteiger partial charge in [-0.05, 0) is 37.8 Å². The molecule has 1 saturated heterocycles. The van der Waals surface area contributed by atoms with Gasteiger partial charge in [-0.1, -0.05) is 12.5 Å². The van der Waals surface area contributed by atoms with Crippen LogP contribution in [0.25, 0.3) is 0 Å². The van der Waals surface area contributed by atoms with Gasteiger partial charge in [0, 0.05) is 25.7 Å². The van der Waals surface area contributed by atoms with E-state index in [1.807, 2.05) is 17.0 Å². The predicted molar refractivity (Wildman–Crippen MR) is 84.8 cm³/mol. The van der Waals surface area contributed by atoms with Crippen LogP contribution in [-0.4, -0.2) is 37.1 Å². The predicted octanol–water partition coefficient (Wildman–Crippen LogP) is 2.38. The molecule has 0 aromatic carbocycles. The number of amides is 1. The fourth-order valence-corrected chi connectivity index (χ4v) is 3.67. The molecule has 23 heavy (non-hydrogen) atoms. The Morgan fingerprint density at radius 1 is 1.09 bits per heavy atom. The second-order valence-electron chi connectivity index (χ2n) is 6.31. The van der Waals surface area contributed by atoms with Crippen LogP contribution in [0.1, 0.15) is 60.3 Å². The van der Waals surface area contributed by atoms with E-state index in [0.717, 1.165) is 44.0 Å². The highest BCUT2D eigenvalue weighted by Gasteiger charge is 2.35. The van der Waals surface area contributed by atoms with Crippen molar-refractivity contribution in [1.82, 2.24) is 24.6 Å². The lowest BCUT2D eigenvalue weighted by atomic mass is 10.2. The van der Waals surface area contributed by atoms with Crippen molar-refractivity contribution < 1.29 is 4.79 Å². The van der Waals surface area contributed by atoms with Gasteiger partial charge in [0.25, 0.3) is 5.91 Å². The Morgan fingerprint density at radius 2 is 2.04 bits per heavy atom. The summed E-state index contributed by atoms with van der Waals surface area (Å²) in [5.41, 5.74) is 0.509. The zero-order chi connectivity index (χ0) is 15.6. The van der Waals surface area contributed by atoms with Crippen LogP contribution in [0, 0.1) is 0 Å². The molecule has 0 spiro atoms. The Hall–Kier alpha value is -2.24. The van der Waals surface area contributed by atoms with Crippen LogP contribution in [0.15, 0.2) is 24.4 Å². The largest absolute Gasteiger partial charge is 0.327 e. The monoisotopic (exact) mass is 311 g/mol.